The third-order valence-electron chi connectivity index (χ3n) is 5.35. The molecule has 150 valence electrons. The zero-order chi connectivity index (χ0) is 20.2. The van der Waals surface area contributed by atoms with E-state index in [2.05, 4.69) is 10.6 Å². The Balaban J connectivity index is 2.16. The molecule has 1 aromatic rings. The fourth-order valence-electron chi connectivity index (χ4n) is 3.48. The standard InChI is InChI=1S/C19H26F3N3O2/c1-12(13-6-8-24-9-7-13)10-16(26)25-18(2,17(23)27)14-4-3-5-15(11-14)19(20,21)22/h3-5,11-13,24H,6-10H2,1-2H3,(H2,23,27)(H,25,26). The van der Waals surface area contributed by atoms with Crippen molar-refractivity contribution < 1.29 is 22.8 Å². The minimum Gasteiger partial charge on any atom is -0.367 e. The molecule has 0 aliphatic carbocycles. The third kappa shape index (κ3) is 5.22. The van der Waals surface area contributed by atoms with Gasteiger partial charge in [-0.3, -0.25) is 9.59 Å². The highest BCUT2D eigenvalue weighted by atomic mass is 19.4. The Kier molecular flexibility index (Phi) is 6.51. The van der Waals surface area contributed by atoms with Crippen LogP contribution in [0.2, 0.25) is 0 Å². The number of benzene rings is 1. The molecule has 1 aliphatic heterocycles. The predicted octanol–water partition coefficient (Wildman–Crippen LogP) is 2.55. The summed E-state index contributed by atoms with van der Waals surface area (Å²) in [7, 11) is 0. The van der Waals surface area contributed by atoms with E-state index in [-0.39, 0.29) is 17.9 Å². The first-order valence-electron chi connectivity index (χ1n) is 9.03. The van der Waals surface area contributed by atoms with Gasteiger partial charge in [-0.2, -0.15) is 13.2 Å². The summed E-state index contributed by atoms with van der Waals surface area (Å²) in [4.78, 5) is 24.5. The summed E-state index contributed by atoms with van der Waals surface area (Å²) >= 11 is 0. The number of alkyl halides is 3. The molecule has 0 saturated carbocycles. The number of carbonyl (C=O) groups is 2. The van der Waals surface area contributed by atoms with Gasteiger partial charge in [0.1, 0.15) is 5.54 Å². The van der Waals surface area contributed by atoms with Crippen molar-refractivity contribution in [1.82, 2.24) is 10.6 Å². The van der Waals surface area contributed by atoms with Gasteiger partial charge in [0, 0.05) is 6.42 Å². The molecule has 27 heavy (non-hydrogen) atoms. The van der Waals surface area contributed by atoms with Crippen molar-refractivity contribution in [3.63, 3.8) is 0 Å². The number of primary amides is 1. The first kappa shape index (κ1) is 21.2. The number of halogens is 3. The van der Waals surface area contributed by atoms with E-state index in [9.17, 15) is 22.8 Å². The Bertz CT molecular complexity index is 687. The third-order valence-corrected chi connectivity index (χ3v) is 5.35. The molecule has 8 heteroatoms. The van der Waals surface area contributed by atoms with E-state index in [1.165, 1.54) is 19.1 Å². The second kappa shape index (κ2) is 8.29. The average Bonchev–Trinajstić information content (AvgIpc) is 2.61. The lowest BCUT2D eigenvalue weighted by Gasteiger charge is -2.31. The Morgan fingerprint density at radius 2 is 1.85 bits per heavy atom. The van der Waals surface area contributed by atoms with Crippen molar-refractivity contribution in [2.75, 3.05) is 13.1 Å². The fraction of sp³-hybridized carbons (Fsp3) is 0.579. The number of nitrogens with two attached hydrogens (primary N) is 1. The molecule has 2 unspecified atom stereocenters. The van der Waals surface area contributed by atoms with Crippen molar-refractivity contribution in [2.45, 2.75) is 44.8 Å². The van der Waals surface area contributed by atoms with Gasteiger partial charge >= 0.3 is 6.18 Å². The molecule has 0 spiro atoms. The minimum atomic E-state index is -4.55. The maximum atomic E-state index is 13.0. The topological polar surface area (TPSA) is 84.2 Å². The molecule has 0 radical (unpaired) electrons. The van der Waals surface area contributed by atoms with Crippen LogP contribution >= 0.6 is 0 Å². The van der Waals surface area contributed by atoms with Gasteiger partial charge in [0.25, 0.3) is 0 Å². The quantitative estimate of drug-likeness (QED) is 0.704. The molecule has 1 saturated heterocycles. The Morgan fingerprint density at radius 3 is 2.41 bits per heavy atom. The van der Waals surface area contributed by atoms with E-state index in [1.54, 1.807) is 0 Å². The lowest BCUT2D eigenvalue weighted by atomic mass is 9.83. The number of amides is 2. The number of hydrogen-bond donors (Lipinski definition) is 3. The SMILES string of the molecule is CC(CC(=O)NC(C)(C(N)=O)c1cccc(C(F)(F)F)c1)C1CCNCC1. The smallest absolute Gasteiger partial charge is 0.367 e. The summed E-state index contributed by atoms with van der Waals surface area (Å²) in [6.45, 7) is 5.11. The van der Waals surface area contributed by atoms with Crippen LogP contribution in [0, 0.1) is 11.8 Å². The maximum Gasteiger partial charge on any atom is 0.416 e. The molecular formula is C19H26F3N3O2. The molecule has 1 fully saturated rings. The minimum absolute atomic E-state index is 0.00712. The largest absolute Gasteiger partial charge is 0.416 e. The summed E-state index contributed by atoms with van der Waals surface area (Å²) < 4.78 is 39.0. The average molecular weight is 385 g/mol. The first-order valence-corrected chi connectivity index (χ1v) is 9.03. The lowest BCUT2D eigenvalue weighted by molar-refractivity contribution is -0.138. The van der Waals surface area contributed by atoms with Crippen LogP contribution in [0.3, 0.4) is 0 Å². The van der Waals surface area contributed by atoms with Crippen LogP contribution in [0.15, 0.2) is 24.3 Å². The molecule has 1 heterocycles. The number of nitrogens with one attached hydrogen (secondary N) is 2. The molecule has 0 aromatic heterocycles. The Morgan fingerprint density at radius 1 is 1.26 bits per heavy atom. The van der Waals surface area contributed by atoms with Crippen molar-refractivity contribution in [1.29, 1.82) is 0 Å². The molecule has 1 aliphatic rings. The van der Waals surface area contributed by atoms with Crippen LogP contribution in [0.1, 0.15) is 44.2 Å². The summed E-state index contributed by atoms with van der Waals surface area (Å²) in [5.41, 5.74) is 2.83. The molecule has 2 atom stereocenters. The summed E-state index contributed by atoms with van der Waals surface area (Å²) in [6.07, 6.45) is -2.43. The first-order chi connectivity index (χ1) is 12.5. The van der Waals surface area contributed by atoms with Crippen LogP contribution in [0.4, 0.5) is 13.2 Å². The number of rotatable bonds is 6. The van der Waals surface area contributed by atoms with E-state index in [4.69, 9.17) is 5.73 Å². The van der Waals surface area contributed by atoms with Crippen molar-refractivity contribution in [3.05, 3.63) is 35.4 Å². The van der Waals surface area contributed by atoms with Crippen LogP contribution in [0.25, 0.3) is 0 Å². The van der Waals surface area contributed by atoms with Crippen molar-refractivity contribution >= 4 is 11.8 Å². The van der Waals surface area contributed by atoms with E-state index < -0.39 is 29.1 Å². The Hall–Kier alpha value is -2.09. The number of piperidine rings is 1. The molecule has 2 amide bonds. The van der Waals surface area contributed by atoms with Gasteiger partial charge in [-0.1, -0.05) is 19.1 Å². The van der Waals surface area contributed by atoms with Crippen LogP contribution in [-0.4, -0.2) is 24.9 Å². The van der Waals surface area contributed by atoms with E-state index in [0.717, 1.165) is 38.1 Å². The predicted molar refractivity (Wildman–Crippen MR) is 95.5 cm³/mol. The summed E-state index contributed by atoms with van der Waals surface area (Å²) in [5, 5.41) is 5.82. The van der Waals surface area contributed by atoms with Crippen LogP contribution in [0.5, 0.6) is 0 Å². The second-order valence-corrected chi connectivity index (χ2v) is 7.38. The van der Waals surface area contributed by atoms with E-state index >= 15 is 0 Å². The fourth-order valence-corrected chi connectivity index (χ4v) is 3.48. The van der Waals surface area contributed by atoms with Gasteiger partial charge in [0.05, 0.1) is 5.56 Å². The maximum absolute atomic E-state index is 13.0. The van der Waals surface area contributed by atoms with E-state index in [0.29, 0.717) is 5.92 Å². The Labute approximate surface area is 156 Å². The van der Waals surface area contributed by atoms with Gasteiger partial charge < -0.3 is 16.4 Å². The molecular weight excluding hydrogens is 359 g/mol. The highest BCUT2D eigenvalue weighted by Crippen LogP contribution is 2.32. The molecule has 5 nitrogen and oxygen atoms in total. The second-order valence-electron chi connectivity index (χ2n) is 7.38. The molecule has 1 aromatic carbocycles. The molecule has 2 rings (SSSR count). The van der Waals surface area contributed by atoms with Gasteiger partial charge in [0.2, 0.25) is 11.8 Å². The normalized spacial score (nSPS) is 19.1. The monoisotopic (exact) mass is 385 g/mol. The highest BCUT2D eigenvalue weighted by molar-refractivity contribution is 5.91. The van der Waals surface area contributed by atoms with Crippen LogP contribution < -0.4 is 16.4 Å². The lowest BCUT2D eigenvalue weighted by Crippen LogP contribution is -2.53. The zero-order valence-corrected chi connectivity index (χ0v) is 15.5. The highest BCUT2D eigenvalue weighted by Gasteiger charge is 2.38. The zero-order valence-electron chi connectivity index (χ0n) is 15.5. The van der Waals surface area contributed by atoms with E-state index in [1.807, 2.05) is 6.92 Å². The number of carbonyl (C=O) groups excluding carboxylic acids is 2. The van der Waals surface area contributed by atoms with Crippen molar-refractivity contribution in [3.8, 4) is 0 Å². The summed E-state index contributed by atoms with van der Waals surface area (Å²) in [5.74, 6) is -0.819. The molecule has 0 bridgehead atoms. The van der Waals surface area contributed by atoms with Gasteiger partial charge in [-0.25, -0.2) is 0 Å². The summed E-state index contributed by atoms with van der Waals surface area (Å²) in [6, 6.07) is 4.31. The van der Waals surface area contributed by atoms with Gasteiger partial charge in [-0.05, 0) is 62.4 Å². The van der Waals surface area contributed by atoms with Gasteiger partial charge in [0.15, 0.2) is 0 Å². The van der Waals surface area contributed by atoms with Crippen LogP contribution in [-0.2, 0) is 21.3 Å². The van der Waals surface area contributed by atoms with Gasteiger partial charge in [-0.15, -0.1) is 0 Å². The molecule has 4 N–H and O–H groups in total. The number of hydrogen-bond acceptors (Lipinski definition) is 3. The van der Waals surface area contributed by atoms with Crippen molar-refractivity contribution in [2.24, 2.45) is 17.6 Å².